The van der Waals surface area contributed by atoms with Crippen LogP contribution in [0.2, 0.25) is 0 Å². The zero-order valence-corrected chi connectivity index (χ0v) is 16.2. The van der Waals surface area contributed by atoms with Crippen molar-refractivity contribution in [2.24, 2.45) is 0 Å². The highest BCUT2D eigenvalue weighted by Gasteiger charge is 2.14. The van der Waals surface area contributed by atoms with E-state index in [1.54, 1.807) is 36.6 Å². The number of benzene rings is 3. The fraction of sp³-hybridized carbons (Fsp3) is 0.0909. The van der Waals surface area contributed by atoms with Crippen molar-refractivity contribution in [3.8, 4) is 22.1 Å². The van der Waals surface area contributed by atoms with E-state index < -0.39 is 0 Å². The summed E-state index contributed by atoms with van der Waals surface area (Å²) in [6.45, 7) is 0. The smallest absolute Gasteiger partial charge is 0.259 e. The number of aromatic nitrogens is 1. The lowest BCUT2D eigenvalue weighted by Gasteiger charge is -2.11. The van der Waals surface area contributed by atoms with E-state index in [1.165, 1.54) is 7.11 Å². The van der Waals surface area contributed by atoms with E-state index in [0.29, 0.717) is 22.7 Å². The number of amides is 1. The van der Waals surface area contributed by atoms with Gasteiger partial charge in [0.2, 0.25) is 0 Å². The molecule has 6 heteroatoms. The number of nitrogens with zero attached hydrogens (tertiary/aromatic N) is 1. The van der Waals surface area contributed by atoms with Gasteiger partial charge in [0.15, 0.2) is 0 Å². The summed E-state index contributed by atoms with van der Waals surface area (Å²) in [6.07, 6.45) is 0. The molecule has 1 heterocycles. The first-order chi connectivity index (χ1) is 13.7. The van der Waals surface area contributed by atoms with Crippen LogP contribution in [0, 0.1) is 0 Å². The molecular formula is C22H18N2O3S. The van der Waals surface area contributed by atoms with Gasteiger partial charge in [-0.3, -0.25) is 4.79 Å². The van der Waals surface area contributed by atoms with Crippen LogP contribution >= 0.6 is 11.3 Å². The van der Waals surface area contributed by atoms with Crippen molar-refractivity contribution >= 4 is 33.1 Å². The van der Waals surface area contributed by atoms with Gasteiger partial charge < -0.3 is 14.8 Å². The lowest BCUT2D eigenvalue weighted by molar-refractivity contribution is 0.102. The van der Waals surface area contributed by atoms with Crippen molar-refractivity contribution < 1.29 is 14.3 Å². The maximum Gasteiger partial charge on any atom is 0.259 e. The first kappa shape index (κ1) is 18.0. The molecule has 0 fully saturated rings. The number of para-hydroxylation sites is 1. The molecule has 140 valence electrons. The minimum Gasteiger partial charge on any atom is -0.497 e. The largest absolute Gasteiger partial charge is 0.497 e. The molecule has 0 aliphatic rings. The number of nitrogens with one attached hydrogen (secondary N) is 1. The van der Waals surface area contributed by atoms with Crippen LogP contribution in [-0.4, -0.2) is 25.1 Å². The summed E-state index contributed by atoms with van der Waals surface area (Å²) in [7, 11) is 3.10. The third-order valence-electron chi connectivity index (χ3n) is 4.31. The van der Waals surface area contributed by atoms with Crippen LogP contribution in [0.25, 0.3) is 20.8 Å². The number of ether oxygens (including phenoxy) is 2. The molecule has 0 radical (unpaired) electrons. The Balaban J connectivity index is 1.61. The third kappa shape index (κ3) is 3.54. The fourth-order valence-electron chi connectivity index (χ4n) is 2.91. The molecule has 3 aromatic carbocycles. The second-order valence-electron chi connectivity index (χ2n) is 6.09. The van der Waals surface area contributed by atoms with E-state index in [1.807, 2.05) is 42.5 Å². The van der Waals surface area contributed by atoms with E-state index in [-0.39, 0.29) is 5.91 Å². The summed E-state index contributed by atoms with van der Waals surface area (Å²) in [5.41, 5.74) is 3.06. The number of anilines is 1. The lowest BCUT2D eigenvalue weighted by Crippen LogP contribution is -2.13. The van der Waals surface area contributed by atoms with Crippen LogP contribution < -0.4 is 14.8 Å². The first-order valence-corrected chi connectivity index (χ1v) is 9.49. The number of methoxy groups -OCH3 is 2. The van der Waals surface area contributed by atoms with Crippen molar-refractivity contribution in [1.82, 2.24) is 4.98 Å². The predicted molar refractivity (Wildman–Crippen MR) is 113 cm³/mol. The van der Waals surface area contributed by atoms with Gasteiger partial charge >= 0.3 is 0 Å². The molecule has 1 aromatic heterocycles. The summed E-state index contributed by atoms with van der Waals surface area (Å²) >= 11 is 1.63. The summed E-state index contributed by atoms with van der Waals surface area (Å²) in [6, 6.07) is 20.8. The SMILES string of the molecule is COc1ccc(C(=O)Nc2cccc(-c3nc4ccccc4s3)c2)c(OC)c1. The molecule has 1 amide bonds. The van der Waals surface area contributed by atoms with Crippen LogP contribution in [0.15, 0.2) is 66.7 Å². The van der Waals surface area contributed by atoms with E-state index >= 15 is 0 Å². The van der Waals surface area contributed by atoms with Crippen LogP contribution in [-0.2, 0) is 0 Å². The molecule has 0 aliphatic heterocycles. The summed E-state index contributed by atoms with van der Waals surface area (Å²) in [5, 5.41) is 3.85. The molecule has 0 saturated carbocycles. The molecule has 0 atom stereocenters. The molecular weight excluding hydrogens is 372 g/mol. The maximum atomic E-state index is 12.7. The molecule has 4 aromatic rings. The Hall–Kier alpha value is -3.38. The highest BCUT2D eigenvalue weighted by Crippen LogP contribution is 2.31. The lowest BCUT2D eigenvalue weighted by atomic mass is 10.1. The van der Waals surface area contributed by atoms with E-state index in [2.05, 4.69) is 16.4 Å². The normalized spacial score (nSPS) is 10.6. The Morgan fingerprint density at radius 2 is 1.82 bits per heavy atom. The molecule has 0 bridgehead atoms. The van der Waals surface area contributed by atoms with Gasteiger partial charge in [0.1, 0.15) is 16.5 Å². The van der Waals surface area contributed by atoms with Gasteiger partial charge in [-0.05, 0) is 36.4 Å². The molecule has 0 unspecified atom stereocenters. The Morgan fingerprint density at radius 3 is 2.61 bits per heavy atom. The molecule has 28 heavy (non-hydrogen) atoms. The van der Waals surface area contributed by atoms with E-state index in [9.17, 15) is 4.79 Å². The van der Waals surface area contributed by atoms with E-state index in [0.717, 1.165) is 20.8 Å². The van der Waals surface area contributed by atoms with Crippen molar-refractivity contribution in [3.63, 3.8) is 0 Å². The monoisotopic (exact) mass is 390 g/mol. The molecule has 0 spiro atoms. The van der Waals surface area contributed by atoms with Gasteiger partial charge in [0.25, 0.3) is 5.91 Å². The van der Waals surface area contributed by atoms with Gasteiger partial charge in [-0.15, -0.1) is 11.3 Å². The van der Waals surface area contributed by atoms with Crippen molar-refractivity contribution in [2.75, 3.05) is 19.5 Å². The average molecular weight is 390 g/mol. The number of rotatable bonds is 5. The fourth-order valence-corrected chi connectivity index (χ4v) is 3.87. The molecule has 4 rings (SSSR count). The quantitative estimate of drug-likeness (QED) is 0.507. The number of carbonyl (C=O) groups is 1. The summed E-state index contributed by atoms with van der Waals surface area (Å²) in [5.74, 6) is 0.839. The van der Waals surface area contributed by atoms with Crippen LogP contribution in [0.5, 0.6) is 11.5 Å². The summed E-state index contributed by atoms with van der Waals surface area (Å²) < 4.78 is 11.6. The van der Waals surface area contributed by atoms with Gasteiger partial charge in [-0.25, -0.2) is 4.98 Å². The predicted octanol–water partition coefficient (Wildman–Crippen LogP) is 5.23. The van der Waals surface area contributed by atoms with Crippen LogP contribution in [0.1, 0.15) is 10.4 Å². The molecule has 0 saturated heterocycles. The van der Waals surface area contributed by atoms with Gasteiger partial charge in [-0.1, -0.05) is 24.3 Å². The highest BCUT2D eigenvalue weighted by molar-refractivity contribution is 7.21. The topological polar surface area (TPSA) is 60.5 Å². The minimum absolute atomic E-state index is 0.249. The number of carbonyl (C=O) groups excluding carboxylic acids is 1. The highest BCUT2D eigenvalue weighted by atomic mass is 32.1. The maximum absolute atomic E-state index is 12.7. The molecule has 5 nitrogen and oxygen atoms in total. The van der Waals surface area contributed by atoms with E-state index in [4.69, 9.17) is 9.47 Å². The van der Waals surface area contributed by atoms with Gasteiger partial charge in [0.05, 0.1) is 30.0 Å². The second kappa shape index (κ2) is 7.70. The van der Waals surface area contributed by atoms with Crippen molar-refractivity contribution in [3.05, 3.63) is 72.3 Å². The third-order valence-corrected chi connectivity index (χ3v) is 5.40. The number of hydrogen-bond donors (Lipinski definition) is 1. The number of fused-ring (bicyclic) bond motifs is 1. The Kier molecular flexibility index (Phi) is 4.95. The average Bonchev–Trinajstić information content (AvgIpc) is 3.17. The first-order valence-electron chi connectivity index (χ1n) is 8.67. The van der Waals surface area contributed by atoms with Crippen molar-refractivity contribution in [2.45, 2.75) is 0 Å². The van der Waals surface area contributed by atoms with Gasteiger partial charge in [0, 0.05) is 17.3 Å². The number of hydrogen-bond acceptors (Lipinski definition) is 5. The zero-order chi connectivity index (χ0) is 19.5. The van der Waals surface area contributed by atoms with Crippen LogP contribution in [0.3, 0.4) is 0 Å². The minimum atomic E-state index is -0.249. The summed E-state index contributed by atoms with van der Waals surface area (Å²) in [4.78, 5) is 17.4. The Bertz CT molecular complexity index is 1120. The zero-order valence-electron chi connectivity index (χ0n) is 15.4. The number of thiazole rings is 1. The van der Waals surface area contributed by atoms with Gasteiger partial charge in [-0.2, -0.15) is 0 Å². The Labute approximate surface area is 166 Å². The molecule has 1 N–H and O–H groups in total. The van der Waals surface area contributed by atoms with Crippen molar-refractivity contribution in [1.29, 1.82) is 0 Å². The standard InChI is InChI=1S/C22H18N2O3S/c1-26-16-10-11-17(19(13-16)27-2)21(25)23-15-7-5-6-14(12-15)22-24-18-8-3-4-9-20(18)28-22/h3-13H,1-2H3,(H,23,25). The van der Waals surface area contributed by atoms with Crippen LogP contribution in [0.4, 0.5) is 5.69 Å². The molecule has 0 aliphatic carbocycles. The Morgan fingerprint density at radius 1 is 0.964 bits per heavy atom. The second-order valence-corrected chi connectivity index (χ2v) is 7.12.